The molecular formula is C76H68N4O4. The van der Waals surface area contributed by atoms with E-state index in [1.807, 2.05) is 146 Å². The predicted molar refractivity (Wildman–Crippen MR) is 342 cm³/mol. The summed E-state index contributed by atoms with van der Waals surface area (Å²) in [6.07, 6.45) is 6.98. The van der Waals surface area contributed by atoms with Gasteiger partial charge in [-0.05, 0) is 220 Å². The van der Waals surface area contributed by atoms with Crippen molar-refractivity contribution in [3.05, 3.63) is 261 Å². The maximum absolute atomic E-state index is 14.2. The largest absolute Gasteiger partial charge is 0.308 e. The average molecular weight is 1100 g/mol. The summed E-state index contributed by atoms with van der Waals surface area (Å²) in [5, 5.41) is 0. The number of carbonyl (C=O) groups excluding carboxylic acids is 4. The van der Waals surface area contributed by atoms with Crippen molar-refractivity contribution < 1.29 is 19.2 Å². The fraction of sp³-hybridized carbons (Fsp3) is 0.211. The van der Waals surface area contributed by atoms with E-state index in [0.717, 1.165) is 119 Å². The molecule has 0 radical (unpaired) electrons. The van der Waals surface area contributed by atoms with Gasteiger partial charge in [-0.3, -0.25) is 19.2 Å². The molecule has 0 N–H and O–H groups in total. The molecule has 84 heavy (non-hydrogen) atoms. The van der Waals surface area contributed by atoms with E-state index >= 15 is 0 Å². The van der Waals surface area contributed by atoms with Gasteiger partial charge in [-0.15, -0.1) is 0 Å². The fourth-order valence-electron chi connectivity index (χ4n) is 9.54. The first-order valence-corrected chi connectivity index (χ1v) is 29.3. The fourth-order valence-corrected chi connectivity index (χ4v) is 9.54. The van der Waals surface area contributed by atoms with Crippen LogP contribution in [-0.2, 0) is 0 Å². The van der Waals surface area contributed by atoms with E-state index in [1.54, 1.807) is 68.1 Å². The smallest absolute Gasteiger partial charge is 0.258 e. The summed E-state index contributed by atoms with van der Waals surface area (Å²) >= 11 is 0. The van der Waals surface area contributed by atoms with Crippen molar-refractivity contribution in [3.63, 3.8) is 0 Å². The van der Waals surface area contributed by atoms with Crippen molar-refractivity contribution in [2.45, 2.75) is 79.1 Å². The van der Waals surface area contributed by atoms with E-state index in [2.05, 4.69) is 75.1 Å². The Morgan fingerprint density at radius 3 is 0.512 bits per heavy atom. The highest BCUT2D eigenvalue weighted by Gasteiger charge is 2.23. The summed E-state index contributed by atoms with van der Waals surface area (Å²) in [7, 11) is 0. The number of nitrogens with zero attached hydrogens (tertiary/aromatic N) is 4. The summed E-state index contributed by atoms with van der Waals surface area (Å²) < 4.78 is 0. The Bertz CT molecular complexity index is 3330. The van der Waals surface area contributed by atoms with Crippen LogP contribution >= 0.6 is 0 Å². The van der Waals surface area contributed by atoms with Crippen LogP contribution in [0.25, 0.3) is 0 Å². The van der Waals surface area contributed by atoms with Gasteiger partial charge in [-0.25, -0.2) is 0 Å². The second-order valence-corrected chi connectivity index (χ2v) is 20.7. The molecule has 8 aromatic carbocycles. The number of amides is 4. The number of hydrogen-bond donors (Lipinski definition) is 0. The van der Waals surface area contributed by atoms with Crippen molar-refractivity contribution in [2.24, 2.45) is 0 Å². The van der Waals surface area contributed by atoms with Crippen molar-refractivity contribution in [1.82, 2.24) is 0 Å². The van der Waals surface area contributed by atoms with Crippen LogP contribution in [0.15, 0.2) is 194 Å². The Morgan fingerprint density at radius 1 is 0.226 bits per heavy atom. The molecule has 0 spiro atoms. The van der Waals surface area contributed by atoms with E-state index < -0.39 is 0 Å². The van der Waals surface area contributed by atoms with Gasteiger partial charge < -0.3 is 19.6 Å². The van der Waals surface area contributed by atoms with Crippen LogP contribution in [0.2, 0.25) is 0 Å². The minimum Gasteiger partial charge on any atom is -0.308 e. The lowest BCUT2D eigenvalue weighted by atomic mass is 10.1. The first-order valence-electron chi connectivity index (χ1n) is 29.3. The van der Waals surface area contributed by atoms with E-state index in [4.69, 9.17) is 0 Å². The van der Waals surface area contributed by atoms with Crippen LogP contribution in [0.4, 0.5) is 22.7 Å². The number of carbonyl (C=O) groups is 4. The topological polar surface area (TPSA) is 81.2 Å². The Hall–Kier alpha value is -10.1. The Balaban J connectivity index is 0.996. The van der Waals surface area contributed by atoms with Crippen molar-refractivity contribution >= 4 is 46.4 Å². The molecule has 13 aliphatic rings. The van der Waals surface area contributed by atoms with Crippen molar-refractivity contribution in [2.75, 3.05) is 45.8 Å². The van der Waals surface area contributed by atoms with Crippen molar-refractivity contribution in [3.8, 4) is 47.4 Å². The first-order chi connectivity index (χ1) is 41.1. The zero-order valence-corrected chi connectivity index (χ0v) is 48.4. The molecule has 21 rings (SSSR count). The minimum atomic E-state index is -0.138. The molecule has 13 aliphatic heterocycles. The molecule has 8 nitrogen and oxygen atoms in total. The van der Waals surface area contributed by atoms with Gasteiger partial charge in [0.05, 0.1) is 0 Å². The lowest BCUT2D eigenvalue weighted by Crippen LogP contribution is -2.33. The number of hydrogen-bond acceptors (Lipinski definition) is 4. The molecule has 0 aliphatic carbocycles. The Kier molecular flexibility index (Phi) is 20.2. The minimum absolute atomic E-state index is 0.138. The SMILES string of the molecule is CCCCN1C(=O)c2ccc(cc2)C(=O)N(CCCC)c2ccc(cc2)C#Cc2ccc(cc2)C#Cc2ccc(cc2)N(CCCC)C(=O)c2ccc(cc2)C(=O)N(CCCC)c2ccc(cc2)C#Cc2ccc(cc2)C#Cc2ccc1cc2. The Labute approximate surface area is 496 Å². The molecule has 0 atom stereocenters. The number of anilines is 4. The third kappa shape index (κ3) is 15.3. The van der Waals surface area contributed by atoms with Gasteiger partial charge in [-0.2, -0.15) is 0 Å². The standard InChI is InChI=1S/C76H68N4O4/c1-5-9-53-77-69-45-29-61(30-46-69)25-21-57-13-15-58(16-14-57)22-26-63-33-49-71(50-34-63)79(55-11-7-3)75(83)67-41-43-68(44-42-67)76(84)80(56-12-8-4)72-51-35-64(36-52-72)28-24-60-19-17-59(18-20-60)23-27-62-31-47-70(48-32-62)78(54-10-6-2)74(82)66-39-37-65(38-40-66)73(77)81/h13-20,29-52H,5-12,53-56H2,1-4H3. The van der Waals surface area contributed by atoms with Gasteiger partial charge in [-0.1, -0.05) is 101 Å². The molecule has 416 valence electrons. The molecule has 0 saturated heterocycles. The molecule has 16 bridgehead atoms. The first kappa shape index (κ1) is 58.5. The van der Waals surface area contributed by atoms with Crippen LogP contribution in [-0.4, -0.2) is 49.8 Å². The molecule has 4 amide bonds. The van der Waals surface area contributed by atoms with Crippen LogP contribution in [0.1, 0.15) is 165 Å². The summed E-state index contributed by atoms with van der Waals surface area (Å²) in [4.78, 5) is 64.0. The lowest BCUT2D eigenvalue weighted by Gasteiger charge is -2.24. The van der Waals surface area contributed by atoms with Crippen LogP contribution in [0.5, 0.6) is 0 Å². The molecule has 8 heteroatoms. The monoisotopic (exact) mass is 1100 g/mol. The molecule has 0 aromatic heterocycles. The predicted octanol–water partition coefficient (Wildman–Crippen LogP) is 15.4. The summed E-state index contributed by atoms with van der Waals surface area (Å²) in [5.41, 5.74) is 11.7. The number of benzene rings is 8. The maximum Gasteiger partial charge on any atom is 0.258 e. The van der Waals surface area contributed by atoms with Crippen molar-refractivity contribution in [1.29, 1.82) is 0 Å². The molecule has 8 aromatic rings. The Morgan fingerprint density at radius 2 is 0.369 bits per heavy atom. The summed E-state index contributed by atoms with van der Waals surface area (Å²) in [6, 6.07) is 60.5. The highest BCUT2D eigenvalue weighted by atomic mass is 16.2. The summed E-state index contributed by atoms with van der Waals surface area (Å²) in [5.74, 6) is 25.6. The van der Waals surface area contributed by atoms with Crippen LogP contribution < -0.4 is 19.6 Å². The van der Waals surface area contributed by atoms with E-state index in [0.29, 0.717) is 48.4 Å². The molecule has 0 unspecified atom stereocenters. The molecule has 13 heterocycles. The molecular weight excluding hydrogens is 1030 g/mol. The molecule has 0 saturated carbocycles. The van der Waals surface area contributed by atoms with E-state index in [-0.39, 0.29) is 23.6 Å². The second-order valence-electron chi connectivity index (χ2n) is 20.7. The maximum atomic E-state index is 14.2. The van der Waals surface area contributed by atoms with Gasteiger partial charge in [0.15, 0.2) is 0 Å². The third-order valence-corrected chi connectivity index (χ3v) is 14.6. The second kappa shape index (κ2) is 29.0. The van der Waals surface area contributed by atoms with Gasteiger partial charge in [0.1, 0.15) is 0 Å². The van der Waals surface area contributed by atoms with Gasteiger partial charge in [0.25, 0.3) is 23.6 Å². The quantitative estimate of drug-likeness (QED) is 0.114. The normalized spacial score (nSPS) is 12.6. The van der Waals surface area contributed by atoms with E-state index in [1.165, 1.54) is 0 Å². The van der Waals surface area contributed by atoms with Crippen LogP contribution in [0.3, 0.4) is 0 Å². The highest BCUT2D eigenvalue weighted by molar-refractivity contribution is 6.10. The average Bonchev–Trinajstić information content (AvgIpc) is 3.74. The van der Waals surface area contributed by atoms with Crippen LogP contribution in [0, 0.1) is 47.4 Å². The zero-order chi connectivity index (χ0) is 58.6. The van der Waals surface area contributed by atoms with E-state index in [9.17, 15) is 19.2 Å². The zero-order valence-electron chi connectivity index (χ0n) is 48.4. The molecule has 0 fully saturated rings. The van der Waals surface area contributed by atoms with Gasteiger partial charge >= 0.3 is 0 Å². The van der Waals surface area contributed by atoms with Gasteiger partial charge in [0, 0.05) is 116 Å². The van der Waals surface area contributed by atoms with Gasteiger partial charge in [0.2, 0.25) is 0 Å². The number of rotatable bonds is 12. The highest BCUT2D eigenvalue weighted by Crippen LogP contribution is 2.26. The lowest BCUT2D eigenvalue weighted by molar-refractivity contribution is 0.0975. The summed E-state index contributed by atoms with van der Waals surface area (Å²) in [6.45, 7) is 10.6. The number of unbranched alkanes of at least 4 members (excludes halogenated alkanes) is 4. The third-order valence-electron chi connectivity index (χ3n) is 14.6.